The molecule has 0 spiro atoms. The van der Waals surface area contributed by atoms with Gasteiger partial charge in [-0.15, -0.1) is 0 Å². The van der Waals surface area contributed by atoms with Gasteiger partial charge in [0.1, 0.15) is 12.1 Å². The summed E-state index contributed by atoms with van der Waals surface area (Å²) in [5.74, 6) is -0.209. The Morgan fingerprint density at radius 2 is 2.28 bits per heavy atom. The van der Waals surface area contributed by atoms with Gasteiger partial charge in [-0.3, -0.25) is 4.79 Å². The van der Waals surface area contributed by atoms with Crippen molar-refractivity contribution in [3.05, 3.63) is 18.1 Å². The summed E-state index contributed by atoms with van der Waals surface area (Å²) in [6, 6.07) is 1.91. The van der Waals surface area contributed by atoms with Crippen molar-refractivity contribution < 1.29 is 14.6 Å². The van der Waals surface area contributed by atoms with Gasteiger partial charge >= 0.3 is 5.97 Å². The van der Waals surface area contributed by atoms with Gasteiger partial charge in [0.05, 0.1) is 17.7 Å². The van der Waals surface area contributed by atoms with Gasteiger partial charge in [0.25, 0.3) is 0 Å². The van der Waals surface area contributed by atoms with E-state index < -0.39 is 5.97 Å². The maximum absolute atomic E-state index is 10.8. The number of hydrogen-bond donors (Lipinski definition) is 1. The molecular formula is C12H15N3O3. The first-order valence-corrected chi connectivity index (χ1v) is 6.15. The van der Waals surface area contributed by atoms with Crippen molar-refractivity contribution in [2.75, 3.05) is 24.6 Å². The maximum atomic E-state index is 10.8. The molecule has 96 valence electrons. The van der Waals surface area contributed by atoms with Crippen LogP contribution < -0.4 is 4.90 Å². The van der Waals surface area contributed by atoms with E-state index in [2.05, 4.69) is 9.97 Å². The molecule has 1 atom stereocenters. The summed E-state index contributed by atoms with van der Waals surface area (Å²) in [6.07, 6.45) is 3.66. The molecule has 6 nitrogen and oxygen atoms in total. The van der Waals surface area contributed by atoms with E-state index in [4.69, 9.17) is 9.84 Å². The molecule has 0 radical (unpaired) electrons. The van der Waals surface area contributed by atoms with Crippen LogP contribution in [0, 0.1) is 5.92 Å². The first-order chi connectivity index (χ1) is 8.74. The number of carboxylic acids is 1. The minimum absolute atomic E-state index is 0.0725. The molecule has 1 aromatic heterocycles. The Kier molecular flexibility index (Phi) is 2.87. The fourth-order valence-corrected chi connectivity index (χ4v) is 2.34. The monoisotopic (exact) mass is 249 g/mol. The molecular weight excluding hydrogens is 234 g/mol. The molecule has 0 bridgehead atoms. The van der Waals surface area contributed by atoms with Gasteiger partial charge in [0.15, 0.2) is 0 Å². The standard InChI is InChI=1S/C12H15N3O3/c16-12(17)8-5-15(6-8)11-4-9(13-7-14-11)10-2-1-3-18-10/h4,7-8,10H,1-3,5-6H2,(H,16,17). The first kappa shape index (κ1) is 11.4. The van der Waals surface area contributed by atoms with E-state index >= 15 is 0 Å². The lowest BCUT2D eigenvalue weighted by Gasteiger charge is -2.37. The van der Waals surface area contributed by atoms with Crippen LogP contribution in [0.4, 0.5) is 5.82 Å². The van der Waals surface area contributed by atoms with Gasteiger partial charge in [-0.1, -0.05) is 0 Å². The van der Waals surface area contributed by atoms with Crippen molar-refractivity contribution in [3.63, 3.8) is 0 Å². The lowest BCUT2D eigenvalue weighted by atomic mass is 10.0. The van der Waals surface area contributed by atoms with Crippen LogP contribution in [0.3, 0.4) is 0 Å². The van der Waals surface area contributed by atoms with Crippen molar-refractivity contribution >= 4 is 11.8 Å². The highest BCUT2D eigenvalue weighted by Gasteiger charge is 2.33. The predicted octanol–water partition coefficient (Wildman–Crippen LogP) is 0.849. The average Bonchev–Trinajstić information content (AvgIpc) is 2.80. The molecule has 2 fully saturated rings. The Morgan fingerprint density at radius 3 is 2.94 bits per heavy atom. The Bertz CT molecular complexity index is 454. The molecule has 3 heterocycles. The molecule has 18 heavy (non-hydrogen) atoms. The van der Waals surface area contributed by atoms with Crippen LogP contribution in [0.2, 0.25) is 0 Å². The summed E-state index contributed by atoms with van der Waals surface area (Å²) in [6.45, 7) is 1.84. The van der Waals surface area contributed by atoms with Crippen molar-refractivity contribution in [2.24, 2.45) is 5.92 Å². The van der Waals surface area contributed by atoms with E-state index in [0.717, 1.165) is 31.0 Å². The molecule has 0 saturated carbocycles. The molecule has 1 aromatic rings. The number of ether oxygens (including phenoxy) is 1. The molecule has 6 heteroatoms. The Labute approximate surface area is 105 Å². The van der Waals surface area contributed by atoms with Crippen LogP contribution in [0.1, 0.15) is 24.6 Å². The highest BCUT2D eigenvalue weighted by molar-refractivity contribution is 5.74. The summed E-state index contributed by atoms with van der Waals surface area (Å²) >= 11 is 0. The van der Waals surface area contributed by atoms with Crippen molar-refractivity contribution in [1.82, 2.24) is 9.97 Å². The SMILES string of the molecule is O=C(O)C1CN(c2cc(C3CCCO3)ncn2)C1. The minimum Gasteiger partial charge on any atom is -0.481 e. The van der Waals surface area contributed by atoms with Gasteiger partial charge in [-0.2, -0.15) is 0 Å². The highest BCUT2D eigenvalue weighted by Crippen LogP contribution is 2.30. The normalized spacial score (nSPS) is 24.0. The van der Waals surface area contributed by atoms with E-state index in [1.165, 1.54) is 6.33 Å². The quantitative estimate of drug-likeness (QED) is 0.855. The van der Waals surface area contributed by atoms with Crippen LogP contribution in [0.5, 0.6) is 0 Å². The molecule has 2 aliphatic rings. The lowest BCUT2D eigenvalue weighted by Crippen LogP contribution is -2.50. The summed E-state index contributed by atoms with van der Waals surface area (Å²) < 4.78 is 5.58. The molecule has 1 unspecified atom stereocenters. The largest absolute Gasteiger partial charge is 0.481 e. The molecule has 0 amide bonds. The molecule has 3 rings (SSSR count). The molecule has 2 aliphatic heterocycles. The molecule has 0 aliphatic carbocycles. The average molecular weight is 249 g/mol. The number of rotatable bonds is 3. The van der Waals surface area contributed by atoms with Crippen LogP contribution in [0.15, 0.2) is 12.4 Å². The topological polar surface area (TPSA) is 75.5 Å². The number of nitrogens with zero attached hydrogens (tertiary/aromatic N) is 3. The van der Waals surface area contributed by atoms with E-state index in [-0.39, 0.29) is 12.0 Å². The summed E-state index contributed by atoms with van der Waals surface area (Å²) in [5.41, 5.74) is 0.899. The fourth-order valence-electron chi connectivity index (χ4n) is 2.34. The summed E-state index contributed by atoms with van der Waals surface area (Å²) in [4.78, 5) is 21.1. The van der Waals surface area contributed by atoms with Gasteiger partial charge in [-0.25, -0.2) is 9.97 Å². The molecule has 2 saturated heterocycles. The smallest absolute Gasteiger partial charge is 0.310 e. The highest BCUT2D eigenvalue weighted by atomic mass is 16.5. The molecule has 0 aromatic carbocycles. The van der Waals surface area contributed by atoms with Gasteiger partial charge < -0.3 is 14.7 Å². The number of carbonyl (C=O) groups is 1. The number of aliphatic carboxylic acids is 1. The van der Waals surface area contributed by atoms with Crippen molar-refractivity contribution in [1.29, 1.82) is 0 Å². The Hall–Kier alpha value is -1.69. The Morgan fingerprint density at radius 1 is 1.44 bits per heavy atom. The third kappa shape index (κ3) is 2.03. The third-order valence-electron chi connectivity index (χ3n) is 3.49. The lowest BCUT2D eigenvalue weighted by molar-refractivity contribution is -0.142. The maximum Gasteiger partial charge on any atom is 0.310 e. The number of carboxylic acid groups (broad SMARTS) is 1. The van der Waals surface area contributed by atoms with Crippen LogP contribution >= 0.6 is 0 Å². The van der Waals surface area contributed by atoms with E-state index in [1.807, 2.05) is 11.0 Å². The fraction of sp³-hybridized carbons (Fsp3) is 0.583. The second kappa shape index (κ2) is 4.53. The van der Waals surface area contributed by atoms with Crippen molar-refractivity contribution in [2.45, 2.75) is 18.9 Å². The van der Waals surface area contributed by atoms with Crippen LogP contribution in [-0.2, 0) is 9.53 Å². The number of anilines is 1. The second-order valence-corrected chi connectivity index (χ2v) is 4.74. The first-order valence-electron chi connectivity index (χ1n) is 6.15. The number of hydrogen-bond acceptors (Lipinski definition) is 5. The van der Waals surface area contributed by atoms with Gasteiger partial charge in [-0.05, 0) is 12.8 Å². The zero-order valence-corrected chi connectivity index (χ0v) is 9.95. The summed E-state index contributed by atoms with van der Waals surface area (Å²) in [7, 11) is 0. The zero-order chi connectivity index (χ0) is 12.5. The van der Waals surface area contributed by atoms with Crippen molar-refractivity contribution in [3.8, 4) is 0 Å². The molecule has 1 N–H and O–H groups in total. The number of aromatic nitrogens is 2. The van der Waals surface area contributed by atoms with Crippen LogP contribution in [0.25, 0.3) is 0 Å². The van der Waals surface area contributed by atoms with E-state index in [1.54, 1.807) is 0 Å². The third-order valence-corrected chi connectivity index (χ3v) is 3.49. The van der Waals surface area contributed by atoms with Gasteiger partial charge in [0.2, 0.25) is 0 Å². The van der Waals surface area contributed by atoms with Gasteiger partial charge in [0, 0.05) is 25.8 Å². The van der Waals surface area contributed by atoms with Crippen LogP contribution in [-0.4, -0.2) is 40.7 Å². The van der Waals surface area contributed by atoms with E-state index in [9.17, 15) is 4.79 Å². The minimum atomic E-state index is -0.736. The second-order valence-electron chi connectivity index (χ2n) is 4.74. The Balaban J connectivity index is 1.70. The van der Waals surface area contributed by atoms with E-state index in [0.29, 0.717) is 13.1 Å². The predicted molar refractivity (Wildman–Crippen MR) is 63.3 cm³/mol. The zero-order valence-electron chi connectivity index (χ0n) is 9.95. The summed E-state index contributed by atoms with van der Waals surface area (Å²) in [5, 5.41) is 8.85.